The van der Waals surface area contributed by atoms with E-state index in [0.717, 1.165) is 8.95 Å². The van der Waals surface area contributed by atoms with Gasteiger partial charge in [0, 0.05) is 17.6 Å². The van der Waals surface area contributed by atoms with Gasteiger partial charge in [0.05, 0.1) is 4.47 Å². The summed E-state index contributed by atoms with van der Waals surface area (Å²) in [6.45, 7) is 0.276. The number of rotatable bonds is 4. The second-order valence-corrected chi connectivity index (χ2v) is 5.71. The first-order chi connectivity index (χ1) is 9.08. The van der Waals surface area contributed by atoms with E-state index in [2.05, 4.69) is 41.8 Å². The Kier molecular flexibility index (Phi) is 5.15. The van der Waals surface area contributed by atoms with Crippen LogP contribution in [0.3, 0.4) is 0 Å². The topological polar surface area (TPSA) is 44.2 Å². The standard InChI is InChI=1S/C12H9Br2ClN2O2/c1-18-6-11-16-10(15)5-12(17-11)19-9-3-2-7(13)4-8(9)14/h2-5H,6H2,1H3. The van der Waals surface area contributed by atoms with Crippen LogP contribution < -0.4 is 4.74 Å². The molecule has 1 aromatic carbocycles. The lowest BCUT2D eigenvalue weighted by Gasteiger charge is -2.08. The third-order valence-electron chi connectivity index (χ3n) is 2.10. The lowest BCUT2D eigenvalue weighted by Crippen LogP contribution is -1.99. The molecule has 0 aliphatic heterocycles. The van der Waals surface area contributed by atoms with Crippen LogP contribution in [0.4, 0.5) is 0 Å². The minimum Gasteiger partial charge on any atom is -0.438 e. The molecule has 0 saturated carbocycles. The van der Waals surface area contributed by atoms with Crippen molar-refractivity contribution in [1.82, 2.24) is 9.97 Å². The Morgan fingerprint density at radius 1 is 1.21 bits per heavy atom. The van der Waals surface area contributed by atoms with Crippen molar-refractivity contribution in [1.29, 1.82) is 0 Å². The van der Waals surface area contributed by atoms with E-state index >= 15 is 0 Å². The summed E-state index contributed by atoms with van der Waals surface area (Å²) >= 11 is 12.7. The predicted octanol–water partition coefficient (Wildman–Crippen LogP) is 4.59. The SMILES string of the molecule is COCc1nc(Cl)cc(Oc2ccc(Br)cc2Br)n1. The number of hydrogen-bond donors (Lipinski definition) is 0. The van der Waals surface area contributed by atoms with Crippen molar-refractivity contribution in [2.75, 3.05) is 7.11 Å². The van der Waals surface area contributed by atoms with E-state index in [1.807, 2.05) is 18.2 Å². The van der Waals surface area contributed by atoms with Gasteiger partial charge in [0.15, 0.2) is 5.82 Å². The molecule has 1 heterocycles. The lowest BCUT2D eigenvalue weighted by atomic mass is 10.3. The number of methoxy groups -OCH3 is 1. The molecule has 0 aliphatic rings. The summed E-state index contributed by atoms with van der Waals surface area (Å²) in [7, 11) is 1.57. The third-order valence-corrected chi connectivity index (χ3v) is 3.41. The quantitative estimate of drug-likeness (QED) is 0.694. The van der Waals surface area contributed by atoms with Gasteiger partial charge >= 0.3 is 0 Å². The molecule has 0 saturated heterocycles. The molecule has 19 heavy (non-hydrogen) atoms. The molecular formula is C12H9Br2ClN2O2. The minimum absolute atomic E-state index is 0.276. The summed E-state index contributed by atoms with van der Waals surface area (Å²) < 4.78 is 12.4. The molecular weight excluding hydrogens is 399 g/mol. The van der Waals surface area contributed by atoms with Gasteiger partial charge < -0.3 is 9.47 Å². The molecule has 0 amide bonds. The van der Waals surface area contributed by atoms with Gasteiger partial charge in [-0.25, -0.2) is 4.98 Å². The molecule has 100 valence electrons. The lowest BCUT2D eigenvalue weighted by molar-refractivity contribution is 0.177. The second kappa shape index (κ2) is 6.65. The maximum Gasteiger partial charge on any atom is 0.224 e. The van der Waals surface area contributed by atoms with E-state index in [1.165, 1.54) is 0 Å². The number of ether oxygens (including phenoxy) is 2. The van der Waals surface area contributed by atoms with E-state index in [4.69, 9.17) is 21.1 Å². The van der Waals surface area contributed by atoms with Gasteiger partial charge in [-0.2, -0.15) is 4.98 Å². The van der Waals surface area contributed by atoms with Gasteiger partial charge in [-0.1, -0.05) is 27.5 Å². The van der Waals surface area contributed by atoms with Gasteiger partial charge in [-0.15, -0.1) is 0 Å². The van der Waals surface area contributed by atoms with Crippen LogP contribution in [0.2, 0.25) is 5.15 Å². The van der Waals surface area contributed by atoms with E-state index in [1.54, 1.807) is 13.2 Å². The van der Waals surface area contributed by atoms with Gasteiger partial charge in [-0.05, 0) is 34.1 Å². The molecule has 1 aromatic heterocycles. The molecule has 2 aromatic rings. The molecule has 2 rings (SSSR count). The maximum atomic E-state index is 5.91. The molecule has 4 nitrogen and oxygen atoms in total. The van der Waals surface area contributed by atoms with Crippen molar-refractivity contribution in [2.24, 2.45) is 0 Å². The Hall–Kier alpha value is -0.690. The van der Waals surface area contributed by atoms with Crippen LogP contribution in [0, 0.1) is 0 Å². The third kappa shape index (κ3) is 4.14. The van der Waals surface area contributed by atoms with Gasteiger partial charge in [-0.3, -0.25) is 0 Å². The number of halogens is 3. The van der Waals surface area contributed by atoms with Crippen molar-refractivity contribution >= 4 is 43.5 Å². The predicted molar refractivity (Wildman–Crippen MR) is 79.7 cm³/mol. The van der Waals surface area contributed by atoms with Crippen LogP contribution in [-0.2, 0) is 11.3 Å². The van der Waals surface area contributed by atoms with Crippen molar-refractivity contribution in [3.05, 3.63) is 44.2 Å². The highest BCUT2D eigenvalue weighted by molar-refractivity contribution is 9.11. The summed E-state index contributed by atoms with van der Waals surface area (Å²) in [5.41, 5.74) is 0. The van der Waals surface area contributed by atoms with Gasteiger partial charge in [0.1, 0.15) is 17.5 Å². The molecule has 0 N–H and O–H groups in total. The summed E-state index contributed by atoms with van der Waals surface area (Å²) in [5, 5.41) is 0.310. The van der Waals surface area contributed by atoms with E-state index in [9.17, 15) is 0 Å². The van der Waals surface area contributed by atoms with Crippen LogP contribution in [-0.4, -0.2) is 17.1 Å². The fourth-order valence-corrected chi connectivity index (χ4v) is 2.68. The first-order valence-corrected chi connectivity index (χ1v) is 7.20. The number of hydrogen-bond acceptors (Lipinski definition) is 4. The largest absolute Gasteiger partial charge is 0.438 e. The Morgan fingerprint density at radius 2 is 2.00 bits per heavy atom. The Morgan fingerprint density at radius 3 is 2.68 bits per heavy atom. The van der Waals surface area contributed by atoms with Crippen molar-refractivity contribution in [3.63, 3.8) is 0 Å². The van der Waals surface area contributed by atoms with Crippen LogP contribution in [0.1, 0.15) is 5.82 Å². The molecule has 0 spiro atoms. The summed E-state index contributed by atoms with van der Waals surface area (Å²) in [5.74, 6) is 1.48. The fourth-order valence-electron chi connectivity index (χ4n) is 1.36. The van der Waals surface area contributed by atoms with E-state index in [0.29, 0.717) is 22.6 Å². The minimum atomic E-state index is 0.276. The number of aromatic nitrogens is 2. The van der Waals surface area contributed by atoms with Crippen LogP contribution in [0.25, 0.3) is 0 Å². The highest BCUT2D eigenvalue weighted by atomic mass is 79.9. The fraction of sp³-hybridized carbons (Fsp3) is 0.167. The molecule has 0 radical (unpaired) electrons. The molecule has 0 bridgehead atoms. The maximum absolute atomic E-state index is 5.91. The highest BCUT2D eigenvalue weighted by Crippen LogP contribution is 2.31. The average Bonchev–Trinajstić information content (AvgIpc) is 2.32. The van der Waals surface area contributed by atoms with E-state index in [-0.39, 0.29) is 6.61 Å². The summed E-state index contributed by atoms with van der Waals surface area (Å²) in [6.07, 6.45) is 0. The van der Waals surface area contributed by atoms with Crippen molar-refractivity contribution in [2.45, 2.75) is 6.61 Å². The first kappa shape index (κ1) is 14.7. The number of nitrogens with zero attached hydrogens (tertiary/aromatic N) is 2. The van der Waals surface area contributed by atoms with Crippen LogP contribution in [0.5, 0.6) is 11.6 Å². The second-order valence-electron chi connectivity index (χ2n) is 3.55. The Bertz CT molecular complexity index is 596. The zero-order chi connectivity index (χ0) is 13.8. The van der Waals surface area contributed by atoms with E-state index < -0.39 is 0 Å². The highest BCUT2D eigenvalue weighted by Gasteiger charge is 2.08. The average molecular weight is 408 g/mol. The Labute approximate surface area is 132 Å². The smallest absolute Gasteiger partial charge is 0.224 e. The molecule has 0 fully saturated rings. The normalized spacial score (nSPS) is 10.5. The Balaban J connectivity index is 2.27. The van der Waals surface area contributed by atoms with Gasteiger partial charge in [0.25, 0.3) is 0 Å². The summed E-state index contributed by atoms with van der Waals surface area (Å²) in [6, 6.07) is 7.13. The van der Waals surface area contributed by atoms with Crippen molar-refractivity contribution < 1.29 is 9.47 Å². The van der Waals surface area contributed by atoms with Crippen molar-refractivity contribution in [3.8, 4) is 11.6 Å². The van der Waals surface area contributed by atoms with Crippen LogP contribution in [0.15, 0.2) is 33.2 Å². The zero-order valence-electron chi connectivity index (χ0n) is 9.86. The molecule has 0 unspecified atom stereocenters. The first-order valence-electron chi connectivity index (χ1n) is 5.24. The summed E-state index contributed by atoms with van der Waals surface area (Å²) in [4.78, 5) is 8.24. The van der Waals surface area contributed by atoms with Gasteiger partial charge in [0.2, 0.25) is 5.88 Å². The molecule has 7 heteroatoms. The monoisotopic (exact) mass is 406 g/mol. The molecule has 0 atom stereocenters. The zero-order valence-corrected chi connectivity index (χ0v) is 13.8. The molecule has 0 aliphatic carbocycles. The number of benzene rings is 1. The van der Waals surface area contributed by atoms with Crippen LogP contribution >= 0.6 is 43.5 Å².